The molecule has 1 aliphatic heterocycles. The fraction of sp³-hybridized carbons (Fsp3) is 0.370. The first kappa shape index (κ1) is 22.0. The highest BCUT2D eigenvalue weighted by Crippen LogP contribution is 2.34. The highest BCUT2D eigenvalue weighted by molar-refractivity contribution is 5.90. The van der Waals surface area contributed by atoms with Gasteiger partial charge in [0.15, 0.2) is 0 Å². The van der Waals surface area contributed by atoms with Gasteiger partial charge in [-0.1, -0.05) is 56.3 Å². The average molecular weight is 428 g/mol. The molecule has 0 saturated carbocycles. The van der Waals surface area contributed by atoms with E-state index in [1.165, 1.54) is 28.0 Å². The van der Waals surface area contributed by atoms with Gasteiger partial charge >= 0.3 is 0 Å². The van der Waals surface area contributed by atoms with Gasteiger partial charge in [-0.05, 0) is 60.4 Å². The summed E-state index contributed by atoms with van der Waals surface area (Å²) in [6, 6.07) is 18.2. The van der Waals surface area contributed by atoms with Crippen LogP contribution in [0.4, 0.5) is 5.69 Å². The molecule has 0 amide bonds. The molecule has 0 aliphatic carbocycles. The number of allylic oxidation sites excluding steroid dienone is 1. The van der Waals surface area contributed by atoms with Gasteiger partial charge in [0.05, 0.1) is 12.6 Å². The van der Waals surface area contributed by atoms with Gasteiger partial charge in [0, 0.05) is 24.0 Å². The van der Waals surface area contributed by atoms with Crippen LogP contribution in [-0.4, -0.2) is 33.6 Å². The zero-order valence-corrected chi connectivity index (χ0v) is 19.1. The van der Waals surface area contributed by atoms with Crippen LogP contribution in [0.5, 0.6) is 0 Å². The second-order valence-electron chi connectivity index (χ2n) is 8.44. The maximum absolute atomic E-state index is 4.61. The van der Waals surface area contributed by atoms with E-state index in [9.17, 15) is 0 Å². The molecule has 0 spiro atoms. The number of rotatable bonds is 10. The Balaban J connectivity index is 1.59. The van der Waals surface area contributed by atoms with E-state index in [2.05, 4.69) is 88.8 Å². The highest BCUT2D eigenvalue weighted by Gasteiger charge is 2.18. The van der Waals surface area contributed by atoms with Crippen LogP contribution in [-0.2, 0) is 13.0 Å². The van der Waals surface area contributed by atoms with E-state index in [0.717, 1.165) is 38.8 Å². The maximum atomic E-state index is 4.61. The number of hydrogen-bond donors (Lipinski definition) is 1. The summed E-state index contributed by atoms with van der Waals surface area (Å²) in [5.74, 6) is 0.493. The number of hydrogen-bond acceptors (Lipinski definition) is 4. The normalized spacial score (nSPS) is 16.6. The molecule has 1 aromatic heterocycles. The molecular formula is C27H33N5. The van der Waals surface area contributed by atoms with E-state index in [0.29, 0.717) is 12.0 Å². The van der Waals surface area contributed by atoms with E-state index in [4.69, 9.17) is 0 Å². The van der Waals surface area contributed by atoms with Gasteiger partial charge < -0.3 is 5.32 Å². The Bertz CT molecular complexity index is 1040. The number of nitrogens with zero attached hydrogens (tertiary/aromatic N) is 4. The Morgan fingerprint density at radius 1 is 1.12 bits per heavy atom. The zero-order chi connectivity index (χ0) is 22.2. The SMILES string of the molecule is CCC1CC(c2ccc(C(CC)Cc3ccccc3)cc2NCCn2cncn2)=CC=N1. The first-order chi connectivity index (χ1) is 15.8. The smallest absolute Gasteiger partial charge is 0.137 e. The fourth-order valence-electron chi connectivity index (χ4n) is 4.37. The van der Waals surface area contributed by atoms with Crippen molar-refractivity contribution >= 4 is 17.5 Å². The topological polar surface area (TPSA) is 55.1 Å². The third kappa shape index (κ3) is 5.52. The molecule has 2 atom stereocenters. The largest absolute Gasteiger partial charge is 0.383 e. The Morgan fingerprint density at radius 3 is 2.75 bits per heavy atom. The minimum Gasteiger partial charge on any atom is -0.383 e. The summed E-state index contributed by atoms with van der Waals surface area (Å²) in [5.41, 5.74) is 6.62. The summed E-state index contributed by atoms with van der Waals surface area (Å²) in [6.45, 7) is 6.07. The van der Waals surface area contributed by atoms with Crippen molar-refractivity contribution in [3.63, 3.8) is 0 Å². The summed E-state index contributed by atoms with van der Waals surface area (Å²) in [7, 11) is 0. The lowest BCUT2D eigenvalue weighted by Gasteiger charge is -2.23. The van der Waals surface area contributed by atoms with Crippen LogP contribution in [0.15, 0.2) is 72.3 Å². The predicted molar refractivity (Wildman–Crippen MR) is 133 cm³/mol. The second kappa shape index (κ2) is 10.9. The summed E-state index contributed by atoms with van der Waals surface area (Å²) in [4.78, 5) is 8.66. The van der Waals surface area contributed by atoms with Gasteiger partial charge in [-0.15, -0.1) is 0 Å². The van der Waals surface area contributed by atoms with E-state index >= 15 is 0 Å². The van der Waals surface area contributed by atoms with Gasteiger partial charge in [-0.3, -0.25) is 9.67 Å². The molecule has 3 aromatic rings. The number of aromatic nitrogens is 3. The molecule has 2 heterocycles. The van der Waals surface area contributed by atoms with Crippen LogP contribution in [0, 0.1) is 0 Å². The number of aliphatic imine (C=N–C) groups is 1. The van der Waals surface area contributed by atoms with Crippen molar-refractivity contribution in [2.75, 3.05) is 11.9 Å². The molecule has 5 nitrogen and oxygen atoms in total. The Labute approximate surface area is 191 Å². The van der Waals surface area contributed by atoms with Crippen LogP contribution in [0.25, 0.3) is 5.57 Å². The second-order valence-corrected chi connectivity index (χ2v) is 8.44. The Kier molecular flexibility index (Phi) is 7.49. The molecule has 166 valence electrons. The lowest BCUT2D eigenvalue weighted by molar-refractivity contribution is 0.635. The van der Waals surface area contributed by atoms with Crippen molar-refractivity contribution in [2.24, 2.45) is 4.99 Å². The number of dihydropyridines is 1. The zero-order valence-electron chi connectivity index (χ0n) is 19.1. The average Bonchev–Trinajstić information content (AvgIpc) is 3.37. The number of nitrogens with one attached hydrogen (secondary N) is 1. The van der Waals surface area contributed by atoms with Crippen LogP contribution in [0.1, 0.15) is 55.7 Å². The standard InChI is InChI=1S/C27H33N5/c1-3-22(16-21-8-6-5-7-9-21)23-10-11-26(24-12-13-29-25(4-2)17-24)27(18-23)30-14-15-32-20-28-19-31-32/h5-13,18-20,22,25,30H,3-4,14-17H2,1-2H3. The molecule has 0 saturated heterocycles. The predicted octanol–water partition coefficient (Wildman–Crippen LogP) is 5.76. The molecule has 1 aliphatic rings. The summed E-state index contributed by atoms with van der Waals surface area (Å²) in [6.07, 6.45) is 11.7. The molecule has 4 rings (SSSR count). The fourth-order valence-corrected chi connectivity index (χ4v) is 4.37. The summed E-state index contributed by atoms with van der Waals surface area (Å²) in [5, 5.41) is 7.91. The Hall–Kier alpha value is -3.21. The molecule has 0 radical (unpaired) electrons. The third-order valence-electron chi connectivity index (χ3n) is 6.30. The molecular weight excluding hydrogens is 394 g/mol. The van der Waals surface area contributed by atoms with Crippen molar-refractivity contribution in [1.82, 2.24) is 14.8 Å². The van der Waals surface area contributed by atoms with Crippen LogP contribution < -0.4 is 5.32 Å². The Morgan fingerprint density at radius 2 is 2.00 bits per heavy atom. The van der Waals surface area contributed by atoms with Crippen molar-refractivity contribution < 1.29 is 0 Å². The van der Waals surface area contributed by atoms with Gasteiger partial charge in [0.1, 0.15) is 12.7 Å². The van der Waals surface area contributed by atoms with E-state index in [-0.39, 0.29) is 0 Å². The third-order valence-corrected chi connectivity index (χ3v) is 6.30. The van der Waals surface area contributed by atoms with Crippen molar-refractivity contribution in [2.45, 2.75) is 58.0 Å². The highest BCUT2D eigenvalue weighted by atomic mass is 15.3. The minimum atomic E-state index is 0.374. The lowest BCUT2D eigenvalue weighted by atomic mass is 9.87. The molecule has 0 bridgehead atoms. The monoisotopic (exact) mass is 427 g/mol. The first-order valence-electron chi connectivity index (χ1n) is 11.7. The molecule has 32 heavy (non-hydrogen) atoms. The van der Waals surface area contributed by atoms with Crippen molar-refractivity contribution in [3.05, 3.63) is 84.0 Å². The molecule has 0 fully saturated rings. The van der Waals surface area contributed by atoms with Gasteiger partial charge in [0.25, 0.3) is 0 Å². The van der Waals surface area contributed by atoms with Crippen LogP contribution >= 0.6 is 0 Å². The summed E-state index contributed by atoms with van der Waals surface area (Å²) >= 11 is 0. The first-order valence-corrected chi connectivity index (χ1v) is 11.7. The molecule has 2 aromatic carbocycles. The maximum Gasteiger partial charge on any atom is 0.137 e. The van der Waals surface area contributed by atoms with Crippen molar-refractivity contribution in [3.8, 4) is 0 Å². The quantitative estimate of drug-likeness (QED) is 0.447. The van der Waals surface area contributed by atoms with Gasteiger partial charge in [0.2, 0.25) is 0 Å². The number of benzene rings is 2. The van der Waals surface area contributed by atoms with Gasteiger partial charge in [-0.25, -0.2) is 4.98 Å². The lowest BCUT2D eigenvalue weighted by Crippen LogP contribution is -2.14. The molecule has 1 N–H and O–H groups in total. The van der Waals surface area contributed by atoms with Gasteiger partial charge in [-0.2, -0.15) is 5.10 Å². The van der Waals surface area contributed by atoms with E-state index in [1.807, 2.05) is 10.9 Å². The summed E-state index contributed by atoms with van der Waals surface area (Å²) < 4.78 is 1.86. The van der Waals surface area contributed by atoms with E-state index < -0.39 is 0 Å². The number of anilines is 1. The van der Waals surface area contributed by atoms with Crippen molar-refractivity contribution in [1.29, 1.82) is 0 Å². The molecule has 2 unspecified atom stereocenters. The minimum absolute atomic E-state index is 0.374. The molecule has 5 heteroatoms. The van der Waals surface area contributed by atoms with Crippen LogP contribution in [0.2, 0.25) is 0 Å². The van der Waals surface area contributed by atoms with E-state index in [1.54, 1.807) is 12.7 Å². The van der Waals surface area contributed by atoms with Crippen LogP contribution in [0.3, 0.4) is 0 Å².